The number of hydrazine groups is 1. The molecule has 0 radical (unpaired) electrons. The van der Waals surface area contributed by atoms with Crippen LogP contribution in [0, 0.1) is 0 Å². The molecule has 0 fully saturated rings. The topological polar surface area (TPSA) is 54.9 Å². The molecule has 1 aromatic rings. The molecule has 0 saturated heterocycles. The maximum absolute atomic E-state index is 13.1. The fourth-order valence-electron chi connectivity index (χ4n) is 4.89. The van der Waals surface area contributed by atoms with Crippen LogP contribution in [0.3, 0.4) is 0 Å². The Morgan fingerprint density at radius 1 is 1.09 bits per heavy atom. The first-order valence-electron chi connectivity index (χ1n) is 11.4. The summed E-state index contributed by atoms with van der Waals surface area (Å²) in [5.74, 6) is 1.45. The van der Waals surface area contributed by atoms with E-state index in [1.807, 2.05) is 38.1 Å². The lowest BCUT2D eigenvalue weighted by Crippen LogP contribution is -2.60. The second-order valence-electron chi connectivity index (χ2n) is 9.45. The standard InChI is InChI=1S/C23H36Cl3N3O3Si/c1-15(2)33(16(3)4,17(5)6)32-20-13-18(7)28(22(30)31-14-23(24,25)26)29(19(20)8)21-11-9-10-12-27-21/h9-13,15-19H,14H2,1-8H3/t18-,19+/m1/s1. The Morgan fingerprint density at radius 2 is 1.67 bits per heavy atom. The van der Waals surface area contributed by atoms with Gasteiger partial charge < -0.3 is 9.16 Å². The van der Waals surface area contributed by atoms with E-state index in [2.05, 4.69) is 46.5 Å². The van der Waals surface area contributed by atoms with E-state index in [1.165, 1.54) is 5.01 Å². The number of alkyl halides is 3. The van der Waals surface area contributed by atoms with Gasteiger partial charge in [0, 0.05) is 6.20 Å². The van der Waals surface area contributed by atoms with Crippen molar-refractivity contribution in [2.75, 3.05) is 11.6 Å². The third kappa shape index (κ3) is 6.30. The number of rotatable bonds is 7. The zero-order chi connectivity index (χ0) is 25.1. The van der Waals surface area contributed by atoms with Crippen LogP contribution in [-0.4, -0.2) is 46.9 Å². The predicted octanol–water partition coefficient (Wildman–Crippen LogP) is 7.48. The number of hydrogen-bond donors (Lipinski definition) is 0. The fourth-order valence-corrected chi connectivity index (χ4v) is 10.4. The molecule has 33 heavy (non-hydrogen) atoms. The molecule has 1 aromatic heterocycles. The second-order valence-corrected chi connectivity index (χ2v) is 17.3. The number of ether oxygens (including phenoxy) is 1. The van der Waals surface area contributed by atoms with Crippen LogP contribution in [0.5, 0.6) is 0 Å². The molecule has 6 nitrogen and oxygen atoms in total. The van der Waals surface area contributed by atoms with Crippen LogP contribution < -0.4 is 5.01 Å². The van der Waals surface area contributed by atoms with Gasteiger partial charge in [0.25, 0.3) is 8.32 Å². The van der Waals surface area contributed by atoms with Gasteiger partial charge in [-0.1, -0.05) is 82.4 Å². The van der Waals surface area contributed by atoms with Crippen LogP contribution in [0.25, 0.3) is 0 Å². The molecule has 0 N–H and O–H groups in total. The summed E-state index contributed by atoms with van der Waals surface area (Å²) in [4.78, 5) is 17.6. The summed E-state index contributed by atoms with van der Waals surface area (Å²) in [5.41, 5.74) is 1.24. The number of amides is 1. The lowest BCUT2D eigenvalue weighted by atomic mass is 10.1. The smallest absolute Gasteiger partial charge is 0.429 e. The maximum Gasteiger partial charge on any atom is 0.429 e. The summed E-state index contributed by atoms with van der Waals surface area (Å²) in [6, 6.07) is 4.89. The van der Waals surface area contributed by atoms with Gasteiger partial charge in [-0.05, 0) is 48.7 Å². The van der Waals surface area contributed by atoms with E-state index in [-0.39, 0.29) is 18.7 Å². The van der Waals surface area contributed by atoms with Crippen LogP contribution >= 0.6 is 34.8 Å². The molecule has 0 aromatic carbocycles. The second kappa shape index (κ2) is 11.1. The van der Waals surface area contributed by atoms with E-state index in [0.717, 1.165) is 5.76 Å². The molecule has 10 heteroatoms. The SMILES string of the molecule is CC(C)[Si](OC1=C[C@@H](C)N(C(=O)OCC(Cl)(Cl)Cl)N(c2ccccn2)[C@H]1C)(C(C)C)C(C)C. The molecule has 2 rings (SSSR count). The van der Waals surface area contributed by atoms with E-state index in [4.69, 9.17) is 44.0 Å². The average molecular weight is 537 g/mol. The normalized spacial score (nSPS) is 19.9. The van der Waals surface area contributed by atoms with E-state index in [0.29, 0.717) is 22.4 Å². The molecular formula is C23H36Cl3N3O3Si. The lowest BCUT2D eigenvalue weighted by molar-refractivity contribution is 0.0811. The largest absolute Gasteiger partial charge is 0.544 e. The van der Waals surface area contributed by atoms with Gasteiger partial charge in [-0.2, -0.15) is 0 Å². The first-order valence-corrected chi connectivity index (χ1v) is 14.6. The highest BCUT2D eigenvalue weighted by Gasteiger charge is 2.49. The van der Waals surface area contributed by atoms with Crippen molar-refractivity contribution in [3.63, 3.8) is 0 Å². The molecule has 0 saturated carbocycles. The Hall–Kier alpha value is -1.15. The Kier molecular flexibility index (Phi) is 9.41. The van der Waals surface area contributed by atoms with Gasteiger partial charge in [0.15, 0.2) is 0 Å². The number of aromatic nitrogens is 1. The first-order chi connectivity index (χ1) is 15.2. The highest BCUT2D eigenvalue weighted by molar-refractivity contribution is 6.77. The number of anilines is 1. The minimum atomic E-state index is -2.21. The van der Waals surface area contributed by atoms with E-state index in [1.54, 1.807) is 11.2 Å². The first kappa shape index (κ1) is 28.1. The van der Waals surface area contributed by atoms with Crippen LogP contribution in [0.4, 0.5) is 10.6 Å². The molecule has 0 unspecified atom stereocenters. The van der Waals surface area contributed by atoms with Gasteiger partial charge in [-0.3, -0.25) is 5.01 Å². The minimum Gasteiger partial charge on any atom is -0.544 e. The van der Waals surface area contributed by atoms with E-state index in [9.17, 15) is 4.79 Å². The molecule has 0 bridgehead atoms. The quantitative estimate of drug-likeness (QED) is 0.267. The molecule has 0 spiro atoms. The molecular weight excluding hydrogens is 501 g/mol. The summed E-state index contributed by atoms with van der Waals surface area (Å²) < 4.78 is 10.7. The van der Waals surface area contributed by atoms with Crippen LogP contribution in [0.1, 0.15) is 55.4 Å². The van der Waals surface area contributed by atoms with Crippen molar-refractivity contribution in [3.05, 3.63) is 36.2 Å². The summed E-state index contributed by atoms with van der Waals surface area (Å²) in [6.07, 6.45) is 3.06. The Bertz CT molecular complexity index is 809. The van der Waals surface area contributed by atoms with Crippen molar-refractivity contribution in [2.24, 2.45) is 0 Å². The van der Waals surface area contributed by atoms with Crippen molar-refractivity contribution >= 4 is 55.0 Å². The summed E-state index contributed by atoms with van der Waals surface area (Å²) in [7, 11) is -2.21. The Morgan fingerprint density at radius 3 is 2.12 bits per heavy atom. The Labute approximate surface area is 214 Å². The molecule has 186 valence electrons. The van der Waals surface area contributed by atoms with Gasteiger partial charge in [-0.15, -0.1) is 0 Å². The molecule has 2 heterocycles. The van der Waals surface area contributed by atoms with Crippen molar-refractivity contribution in [1.82, 2.24) is 9.99 Å². The maximum atomic E-state index is 13.1. The summed E-state index contributed by atoms with van der Waals surface area (Å²) >= 11 is 17.4. The predicted molar refractivity (Wildman–Crippen MR) is 139 cm³/mol. The zero-order valence-corrected chi connectivity index (χ0v) is 23.9. The number of hydrogen-bond acceptors (Lipinski definition) is 5. The van der Waals surface area contributed by atoms with Gasteiger partial charge in [-0.25, -0.2) is 14.8 Å². The Balaban J connectivity index is 2.51. The highest BCUT2D eigenvalue weighted by Crippen LogP contribution is 2.45. The van der Waals surface area contributed by atoms with E-state index < -0.39 is 18.2 Å². The number of carbonyl (C=O) groups excluding carboxylic acids is 1. The van der Waals surface area contributed by atoms with Crippen molar-refractivity contribution in [2.45, 2.75) is 87.9 Å². The number of carbonyl (C=O) groups is 1. The van der Waals surface area contributed by atoms with Gasteiger partial charge in [0.05, 0.1) is 6.04 Å². The molecule has 1 amide bonds. The van der Waals surface area contributed by atoms with Crippen molar-refractivity contribution in [3.8, 4) is 0 Å². The van der Waals surface area contributed by atoms with Crippen molar-refractivity contribution in [1.29, 1.82) is 0 Å². The third-order valence-corrected chi connectivity index (χ3v) is 12.6. The molecule has 2 atom stereocenters. The lowest BCUT2D eigenvalue weighted by Gasteiger charge is -2.49. The number of nitrogens with zero attached hydrogens (tertiary/aromatic N) is 3. The van der Waals surface area contributed by atoms with Crippen LogP contribution in [-0.2, 0) is 9.16 Å². The van der Waals surface area contributed by atoms with E-state index >= 15 is 0 Å². The summed E-state index contributed by atoms with van der Waals surface area (Å²) in [6.45, 7) is 17.1. The summed E-state index contributed by atoms with van der Waals surface area (Å²) in [5, 5.41) is 3.31. The van der Waals surface area contributed by atoms with Gasteiger partial charge in [0.1, 0.15) is 24.2 Å². The molecule has 0 aliphatic carbocycles. The van der Waals surface area contributed by atoms with Gasteiger partial charge in [0.2, 0.25) is 3.79 Å². The molecule has 1 aliphatic heterocycles. The van der Waals surface area contributed by atoms with Gasteiger partial charge >= 0.3 is 6.09 Å². The third-order valence-electron chi connectivity index (χ3n) is 6.23. The molecule has 1 aliphatic rings. The zero-order valence-electron chi connectivity index (χ0n) is 20.7. The number of halogens is 3. The van der Waals surface area contributed by atoms with Crippen molar-refractivity contribution < 1.29 is 14.0 Å². The monoisotopic (exact) mass is 535 g/mol. The minimum absolute atomic E-state index is 0.292. The van der Waals surface area contributed by atoms with Crippen LogP contribution in [0.2, 0.25) is 16.6 Å². The highest BCUT2D eigenvalue weighted by atomic mass is 35.6. The number of pyridine rings is 1. The van der Waals surface area contributed by atoms with Crippen LogP contribution in [0.15, 0.2) is 36.2 Å². The average Bonchev–Trinajstić information content (AvgIpc) is 2.71. The fraction of sp³-hybridized carbons (Fsp3) is 0.652.